The second-order valence-corrected chi connectivity index (χ2v) is 8.60. The topological polar surface area (TPSA) is 131 Å². The summed E-state index contributed by atoms with van der Waals surface area (Å²) in [6.45, 7) is 17.7. The SMILES string of the molecule is CC.CC.CC.COC(CC(C)=O)OC.Cc1ccnc(-c2ccccc2)c1C.N#Cc1ccccc1.N/C(=N\O)c1ccccc1. The summed E-state index contributed by atoms with van der Waals surface area (Å²) in [7, 11) is 3.02. The van der Waals surface area contributed by atoms with E-state index in [1.807, 2.05) is 114 Å². The molecule has 0 spiro atoms. The van der Waals surface area contributed by atoms with Crippen molar-refractivity contribution in [2.24, 2.45) is 10.9 Å². The Hall–Kier alpha value is -4.84. The minimum Gasteiger partial charge on any atom is -0.409 e. The van der Waals surface area contributed by atoms with Crippen molar-refractivity contribution in [1.82, 2.24) is 4.98 Å². The van der Waals surface area contributed by atoms with Crippen molar-refractivity contribution in [2.45, 2.75) is 75.0 Å². The number of nitrogens with two attached hydrogens (primary N) is 1. The van der Waals surface area contributed by atoms with Gasteiger partial charge in [0.05, 0.1) is 23.7 Å². The summed E-state index contributed by atoms with van der Waals surface area (Å²) in [5.74, 6) is 0.212. The van der Waals surface area contributed by atoms with Crippen molar-refractivity contribution in [3.63, 3.8) is 0 Å². The van der Waals surface area contributed by atoms with Gasteiger partial charge >= 0.3 is 0 Å². The van der Waals surface area contributed by atoms with Crippen LogP contribution < -0.4 is 5.73 Å². The molecule has 0 radical (unpaired) electrons. The molecule has 4 rings (SSSR count). The van der Waals surface area contributed by atoms with Crippen LogP contribution in [0.25, 0.3) is 11.3 Å². The highest BCUT2D eigenvalue weighted by atomic mass is 16.7. The number of methoxy groups -OCH3 is 2. The number of ketones is 1. The van der Waals surface area contributed by atoms with Crippen LogP contribution in [-0.2, 0) is 14.3 Å². The summed E-state index contributed by atoms with van der Waals surface area (Å²) < 4.78 is 9.53. The first-order valence-electron chi connectivity index (χ1n) is 15.8. The highest BCUT2D eigenvalue weighted by molar-refractivity contribution is 5.96. The number of aromatic nitrogens is 1. The number of amidine groups is 1. The third-order valence-corrected chi connectivity index (χ3v) is 5.58. The third kappa shape index (κ3) is 22.3. The van der Waals surface area contributed by atoms with Gasteiger partial charge in [0.1, 0.15) is 5.78 Å². The average molecular weight is 645 g/mol. The van der Waals surface area contributed by atoms with Gasteiger partial charge in [0, 0.05) is 31.5 Å². The van der Waals surface area contributed by atoms with E-state index < -0.39 is 0 Å². The van der Waals surface area contributed by atoms with E-state index >= 15 is 0 Å². The van der Waals surface area contributed by atoms with Gasteiger partial charge in [0.15, 0.2) is 12.1 Å². The van der Waals surface area contributed by atoms with Crippen LogP contribution in [-0.4, -0.2) is 42.3 Å². The van der Waals surface area contributed by atoms with Gasteiger partial charge in [-0.25, -0.2) is 0 Å². The van der Waals surface area contributed by atoms with Gasteiger partial charge in [-0.05, 0) is 50.1 Å². The number of hydrogen-bond acceptors (Lipinski definition) is 7. The molecule has 4 aromatic rings. The number of hydrogen-bond donors (Lipinski definition) is 2. The van der Waals surface area contributed by atoms with Gasteiger partial charge in [-0.3, -0.25) is 9.78 Å². The molecule has 1 aromatic heterocycles. The largest absolute Gasteiger partial charge is 0.409 e. The van der Waals surface area contributed by atoms with Crippen LogP contribution in [0.3, 0.4) is 0 Å². The summed E-state index contributed by atoms with van der Waals surface area (Å²) in [4.78, 5) is 14.8. The third-order valence-electron chi connectivity index (χ3n) is 5.58. The number of nitriles is 1. The Morgan fingerprint density at radius 1 is 0.830 bits per heavy atom. The maximum Gasteiger partial charge on any atom is 0.170 e. The maximum atomic E-state index is 10.4. The fraction of sp³-hybridized carbons (Fsp3) is 0.333. The molecule has 0 aliphatic rings. The summed E-state index contributed by atoms with van der Waals surface area (Å²) in [6.07, 6.45) is 1.82. The highest BCUT2D eigenvalue weighted by Crippen LogP contribution is 2.22. The maximum absolute atomic E-state index is 10.4. The highest BCUT2D eigenvalue weighted by Gasteiger charge is 2.06. The minimum absolute atomic E-state index is 0.0729. The van der Waals surface area contributed by atoms with Crippen molar-refractivity contribution in [3.8, 4) is 17.3 Å². The molecule has 0 saturated carbocycles. The molecular weight excluding hydrogens is 588 g/mol. The smallest absolute Gasteiger partial charge is 0.170 e. The molecule has 3 aromatic carbocycles. The second-order valence-electron chi connectivity index (χ2n) is 8.60. The minimum atomic E-state index is -0.373. The van der Waals surface area contributed by atoms with Crippen molar-refractivity contribution in [1.29, 1.82) is 5.26 Å². The number of carbonyl (C=O) groups is 1. The van der Waals surface area contributed by atoms with Gasteiger partial charge in [0.25, 0.3) is 0 Å². The molecule has 0 amide bonds. The van der Waals surface area contributed by atoms with E-state index in [4.69, 9.17) is 25.7 Å². The first-order valence-corrected chi connectivity index (χ1v) is 15.8. The molecule has 0 saturated heterocycles. The number of benzene rings is 3. The number of pyridine rings is 1. The van der Waals surface area contributed by atoms with E-state index in [9.17, 15) is 4.79 Å². The predicted octanol–water partition coefficient (Wildman–Crippen LogP) is 9.37. The standard InChI is InChI=1S/C13H13N.C7H8N2O.C7H5N.C6H12O3.3C2H6/c1-10-8-9-14-13(11(10)2)12-6-4-3-5-7-12;8-7(9-10)6-4-2-1-3-5-6;8-6-7-4-2-1-3-5-7;1-5(7)4-6(8-2)9-3;3*1-2/h3-9H,1-2H3;1-5,10H,(H2,8,9);1-5H;6H,4H2,1-3H3;3*1-2H3. The number of ether oxygens (including phenoxy) is 2. The Morgan fingerprint density at radius 2 is 1.28 bits per heavy atom. The zero-order valence-corrected chi connectivity index (χ0v) is 30.2. The Bertz CT molecular complexity index is 1350. The van der Waals surface area contributed by atoms with Crippen molar-refractivity contribution in [2.75, 3.05) is 14.2 Å². The lowest BCUT2D eigenvalue weighted by atomic mass is 10.0. The van der Waals surface area contributed by atoms with Gasteiger partial charge in [0.2, 0.25) is 0 Å². The predicted molar refractivity (Wildman–Crippen MR) is 196 cm³/mol. The molecule has 0 unspecified atom stereocenters. The van der Waals surface area contributed by atoms with Crippen molar-refractivity contribution < 1.29 is 19.5 Å². The van der Waals surface area contributed by atoms with Crippen LogP contribution in [0.2, 0.25) is 0 Å². The summed E-state index contributed by atoms with van der Waals surface area (Å²) in [5.41, 5.74) is 11.6. The zero-order valence-electron chi connectivity index (χ0n) is 30.2. The first kappa shape index (κ1) is 46.6. The Balaban J connectivity index is -0.000000531. The van der Waals surface area contributed by atoms with Crippen molar-refractivity contribution >= 4 is 11.6 Å². The normalized spacial score (nSPS) is 9.13. The number of nitrogens with zero attached hydrogens (tertiary/aromatic N) is 3. The van der Waals surface area contributed by atoms with E-state index in [2.05, 4.69) is 36.1 Å². The van der Waals surface area contributed by atoms with Gasteiger partial charge < -0.3 is 20.4 Å². The number of oxime groups is 1. The Morgan fingerprint density at radius 3 is 1.64 bits per heavy atom. The lowest BCUT2D eigenvalue weighted by molar-refractivity contribution is -0.135. The number of aryl methyl sites for hydroxylation is 1. The molecule has 1 heterocycles. The second kappa shape index (κ2) is 32.6. The Kier molecular flexibility index (Phi) is 32.3. The van der Waals surface area contributed by atoms with Crippen LogP contribution in [0.4, 0.5) is 0 Å². The molecule has 0 fully saturated rings. The molecule has 3 N–H and O–H groups in total. The van der Waals surface area contributed by atoms with E-state index in [0.29, 0.717) is 12.0 Å². The lowest BCUT2D eigenvalue weighted by Crippen LogP contribution is -2.16. The lowest BCUT2D eigenvalue weighted by Gasteiger charge is -2.09. The van der Waals surface area contributed by atoms with E-state index in [1.54, 1.807) is 24.3 Å². The number of Topliss-reactive ketones (excluding diaryl/α,β-unsaturated/α-hetero) is 1. The van der Waals surface area contributed by atoms with Gasteiger partial charge in [-0.2, -0.15) is 5.26 Å². The van der Waals surface area contributed by atoms with Gasteiger partial charge in [-0.1, -0.05) is 126 Å². The van der Waals surface area contributed by atoms with Crippen LogP contribution in [0.1, 0.15) is 77.1 Å². The molecule has 0 bridgehead atoms. The molecule has 8 nitrogen and oxygen atoms in total. The zero-order chi connectivity index (χ0) is 36.5. The van der Waals surface area contributed by atoms with Crippen molar-refractivity contribution in [3.05, 3.63) is 126 Å². The monoisotopic (exact) mass is 644 g/mol. The molecule has 8 heteroatoms. The van der Waals surface area contributed by atoms with E-state index in [0.717, 1.165) is 11.3 Å². The fourth-order valence-electron chi connectivity index (χ4n) is 3.20. The average Bonchev–Trinajstić information content (AvgIpc) is 3.15. The number of carbonyl (C=O) groups excluding carboxylic acids is 1. The fourth-order valence-corrected chi connectivity index (χ4v) is 3.20. The summed E-state index contributed by atoms with van der Waals surface area (Å²) in [6, 6.07) is 32.6. The van der Waals surface area contributed by atoms with E-state index in [1.165, 1.54) is 37.8 Å². The summed E-state index contributed by atoms with van der Waals surface area (Å²) in [5, 5.41) is 19.4. The van der Waals surface area contributed by atoms with Crippen LogP contribution in [0.15, 0.2) is 108 Å². The molecule has 0 aliphatic heterocycles. The number of rotatable bonds is 6. The molecule has 256 valence electrons. The van der Waals surface area contributed by atoms with Crippen LogP contribution in [0.5, 0.6) is 0 Å². The molecule has 0 aliphatic carbocycles. The van der Waals surface area contributed by atoms with E-state index in [-0.39, 0.29) is 17.9 Å². The molecular formula is C39H56N4O4. The first-order chi connectivity index (χ1) is 22.8. The van der Waals surface area contributed by atoms with Crippen LogP contribution >= 0.6 is 0 Å². The molecule has 0 atom stereocenters. The Labute approximate surface area is 283 Å². The molecule has 47 heavy (non-hydrogen) atoms. The van der Waals surface area contributed by atoms with Gasteiger partial charge in [-0.15, -0.1) is 0 Å². The quantitative estimate of drug-likeness (QED) is 0.0703. The summed E-state index contributed by atoms with van der Waals surface area (Å²) >= 11 is 0. The van der Waals surface area contributed by atoms with Crippen LogP contribution in [0, 0.1) is 25.2 Å².